The van der Waals surface area contributed by atoms with E-state index in [0.717, 1.165) is 31.5 Å². The molecule has 0 aromatic carbocycles. The molecule has 1 unspecified atom stereocenters. The number of hydrogen-bond donors (Lipinski definition) is 2. The number of aliphatic hydroxyl groups is 1. The Kier molecular flexibility index (Phi) is 5.15. The predicted molar refractivity (Wildman–Crippen MR) is 69.8 cm³/mol. The fraction of sp³-hybridized carbons (Fsp3) is 0.769. The van der Waals surface area contributed by atoms with Gasteiger partial charge in [-0.2, -0.15) is 5.10 Å². The third-order valence-corrected chi connectivity index (χ3v) is 3.65. The first-order chi connectivity index (χ1) is 8.14. The van der Waals surface area contributed by atoms with Crippen LogP contribution in [0.1, 0.15) is 38.6 Å². The van der Waals surface area contributed by atoms with Crippen molar-refractivity contribution < 1.29 is 5.11 Å². The van der Waals surface area contributed by atoms with Gasteiger partial charge in [-0.25, -0.2) is 0 Å². The van der Waals surface area contributed by atoms with E-state index in [9.17, 15) is 5.11 Å². The van der Waals surface area contributed by atoms with E-state index in [2.05, 4.69) is 31.9 Å². The lowest BCUT2D eigenvalue weighted by molar-refractivity contribution is 0.125. The van der Waals surface area contributed by atoms with Gasteiger partial charge in [0.1, 0.15) is 0 Å². The summed E-state index contributed by atoms with van der Waals surface area (Å²) in [5, 5.41) is 14.1. The molecule has 0 aliphatic heterocycles. The molecule has 0 aliphatic carbocycles. The molecule has 0 bridgehead atoms. The molecular weight excluding hydrogens is 214 g/mol. The fourth-order valence-corrected chi connectivity index (χ4v) is 2.06. The third kappa shape index (κ3) is 3.07. The lowest BCUT2D eigenvalue weighted by Crippen LogP contribution is -2.36. The summed E-state index contributed by atoms with van der Waals surface area (Å²) in [4.78, 5) is 0. The van der Waals surface area contributed by atoms with Crippen molar-refractivity contribution in [3.63, 3.8) is 0 Å². The van der Waals surface area contributed by atoms with E-state index in [-0.39, 0.29) is 12.0 Å². The van der Waals surface area contributed by atoms with Crippen molar-refractivity contribution in [2.75, 3.05) is 13.2 Å². The summed E-state index contributed by atoms with van der Waals surface area (Å²) in [6.45, 7) is 7.79. The Bertz CT molecular complexity index is 334. The van der Waals surface area contributed by atoms with Crippen LogP contribution in [-0.4, -0.2) is 28.0 Å². The molecule has 0 aliphatic rings. The van der Waals surface area contributed by atoms with Crippen LogP contribution in [-0.2, 0) is 19.4 Å². The standard InChI is InChI=1S/C13H25N3O/c1-4-11-7-12(16(6-3)15-11)8-13(5-2,9-14)10-17/h7,17H,4-6,8-10,14H2,1-3H3. The number of nitrogens with zero attached hydrogens (tertiary/aromatic N) is 2. The van der Waals surface area contributed by atoms with Gasteiger partial charge in [0.2, 0.25) is 0 Å². The average molecular weight is 239 g/mol. The number of rotatable bonds is 7. The molecule has 0 spiro atoms. The van der Waals surface area contributed by atoms with Crippen molar-refractivity contribution in [1.29, 1.82) is 0 Å². The monoisotopic (exact) mass is 239 g/mol. The maximum Gasteiger partial charge on any atom is 0.0624 e. The van der Waals surface area contributed by atoms with Crippen LogP contribution in [0.15, 0.2) is 6.07 Å². The number of aryl methyl sites for hydroxylation is 2. The topological polar surface area (TPSA) is 64.1 Å². The van der Waals surface area contributed by atoms with Crippen LogP contribution in [0.2, 0.25) is 0 Å². The molecule has 0 saturated carbocycles. The minimum Gasteiger partial charge on any atom is -0.396 e. The van der Waals surface area contributed by atoms with Crippen LogP contribution >= 0.6 is 0 Å². The van der Waals surface area contributed by atoms with Gasteiger partial charge in [-0.3, -0.25) is 4.68 Å². The van der Waals surface area contributed by atoms with Gasteiger partial charge in [-0.05, 0) is 32.3 Å². The first kappa shape index (κ1) is 14.2. The van der Waals surface area contributed by atoms with E-state index >= 15 is 0 Å². The zero-order chi connectivity index (χ0) is 12.9. The van der Waals surface area contributed by atoms with Gasteiger partial charge in [0.15, 0.2) is 0 Å². The van der Waals surface area contributed by atoms with Crippen LogP contribution in [0.25, 0.3) is 0 Å². The Labute approximate surface area is 104 Å². The summed E-state index contributed by atoms with van der Waals surface area (Å²) >= 11 is 0. The normalized spacial score (nSPS) is 14.9. The highest BCUT2D eigenvalue weighted by molar-refractivity contribution is 5.13. The van der Waals surface area contributed by atoms with E-state index in [0.29, 0.717) is 6.54 Å². The average Bonchev–Trinajstić information content (AvgIpc) is 2.78. The summed E-state index contributed by atoms with van der Waals surface area (Å²) in [5.41, 5.74) is 7.92. The molecule has 0 saturated heterocycles. The third-order valence-electron chi connectivity index (χ3n) is 3.65. The second-order valence-corrected chi connectivity index (χ2v) is 4.69. The van der Waals surface area contributed by atoms with E-state index in [1.165, 1.54) is 5.69 Å². The Morgan fingerprint density at radius 1 is 1.41 bits per heavy atom. The second kappa shape index (κ2) is 6.17. The summed E-state index contributed by atoms with van der Waals surface area (Å²) in [5.74, 6) is 0. The highest BCUT2D eigenvalue weighted by Crippen LogP contribution is 2.26. The number of hydrogen-bond acceptors (Lipinski definition) is 3. The van der Waals surface area contributed by atoms with Gasteiger partial charge < -0.3 is 10.8 Å². The second-order valence-electron chi connectivity index (χ2n) is 4.69. The molecule has 0 fully saturated rings. The Morgan fingerprint density at radius 3 is 2.53 bits per heavy atom. The minimum atomic E-state index is -0.196. The first-order valence-corrected chi connectivity index (χ1v) is 6.51. The SMILES string of the molecule is CCc1cc(CC(CC)(CN)CO)n(CC)n1. The first-order valence-electron chi connectivity index (χ1n) is 6.51. The van der Waals surface area contributed by atoms with Crippen molar-refractivity contribution in [2.45, 2.75) is 46.6 Å². The van der Waals surface area contributed by atoms with Crippen LogP contribution < -0.4 is 5.73 Å². The van der Waals surface area contributed by atoms with Crippen molar-refractivity contribution in [3.8, 4) is 0 Å². The van der Waals surface area contributed by atoms with Gasteiger partial charge in [0, 0.05) is 24.2 Å². The van der Waals surface area contributed by atoms with Crippen LogP contribution in [0.5, 0.6) is 0 Å². The molecule has 0 radical (unpaired) electrons. The molecule has 1 atom stereocenters. The molecule has 1 rings (SSSR count). The van der Waals surface area contributed by atoms with Crippen molar-refractivity contribution in [3.05, 3.63) is 17.5 Å². The van der Waals surface area contributed by atoms with Gasteiger partial charge in [-0.1, -0.05) is 13.8 Å². The molecule has 98 valence electrons. The smallest absolute Gasteiger partial charge is 0.0624 e. The van der Waals surface area contributed by atoms with Gasteiger partial charge in [0.05, 0.1) is 12.3 Å². The largest absolute Gasteiger partial charge is 0.396 e. The van der Waals surface area contributed by atoms with Crippen LogP contribution in [0, 0.1) is 5.41 Å². The molecule has 0 amide bonds. The zero-order valence-corrected chi connectivity index (χ0v) is 11.2. The zero-order valence-electron chi connectivity index (χ0n) is 11.2. The predicted octanol–water partition coefficient (Wildman–Crippen LogP) is 1.36. The lowest BCUT2D eigenvalue weighted by Gasteiger charge is -2.29. The van der Waals surface area contributed by atoms with Crippen molar-refractivity contribution in [2.24, 2.45) is 11.1 Å². The lowest BCUT2D eigenvalue weighted by atomic mass is 9.81. The highest BCUT2D eigenvalue weighted by Gasteiger charge is 2.27. The van der Waals surface area contributed by atoms with Gasteiger partial charge in [0.25, 0.3) is 0 Å². The van der Waals surface area contributed by atoms with Crippen molar-refractivity contribution >= 4 is 0 Å². The maximum atomic E-state index is 9.56. The van der Waals surface area contributed by atoms with Crippen molar-refractivity contribution in [1.82, 2.24) is 9.78 Å². The van der Waals surface area contributed by atoms with Gasteiger partial charge >= 0.3 is 0 Å². The fourth-order valence-electron chi connectivity index (χ4n) is 2.06. The molecule has 17 heavy (non-hydrogen) atoms. The van der Waals surface area contributed by atoms with Gasteiger partial charge in [-0.15, -0.1) is 0 Å². The van der Waals surface area contributed by atoms with E-state index < -0.39 is 0 Å². The highest BCUT2D eigenvalue weighted by atomic mass is 16.3. The Morgan fingerprint density at radius 2 is 2.12 bits per heavy atom. The Hall–Kier alpha value is -0.870. The summed E-state index contributed by atoms with van der Waals surface area (Å²) < 4.78 is 2.02. The summed E-state index contributed by atoms with van der Waals surface area (Å²) in [6, 6.07) is 2.14. The van der Waals surface area contributed by atoms with E-state index in [1.54, 1.807) is 0 Å². The molecule has 4 heteroatoms. The van der Waals surface area contributed by atoms with E-state index in [4.69, 9.17) is 5.73 Å². The number of aliphatic hydroxyl groups excluding tert-OH is 1. The Balaban J connectivity index is 2.95. The number of aromatic nitrogens is 2. The molecule has 3 N–H and O–H groups in total. The summed E-state index contributed by atoms with van der Waals surface area (Å²) in [7, 11) is 0. The molecule has 1 heterocycles. The molecule has 4 nitrogen and oxygen atoms in total. The molecule has 1 aromatic heterocycles. The van der Waals surface area contributed by atoms with Crippen LogP contribution in [0.4, 0.5) is 0 Å². The molecular formula is C13H25N3O. The summed E-state index contributed by atoms with van der Waals surface area (Å²) in [6.07, 6.45) is 2.63. The minimum absolute atomic E-state index is 0.135. The number of nitrogens with two attached hydrogens (primary N) is 1. The quantitative estimate of drug-likeness (QED) is 0.755. The maximum absolute atomic E-state index is 9.56. The van der Waals surface area contributed by atoms with Crippen LogP contribution in [0.3, 0.4) is 0 Å². The molecule has 1 aromatic rings. The van der Waals surface area contributed by atoms with E-state index in [1.807, 2.05) is 4.68 Å².